The fraction of sp³-hybridized carbons (Fsp3) is 0. The van der Waals surface area contributed by atoms with E-state index in [4.69, 9.17) is 44.3 Å². The molecule has 0 aromatic rings. The van der Waals surface area contributed by atoms with E-state index < -0.39 is 5.31 Å². The van der Waals surface area contributed by atoms with Crippen molar-refractivity contribution in [3.63, 3.8) is 0 Å². The Labute approximate surface area is 196 Å². The monoisotopic (exact) mass is 612 g/mol. The third kappa shape index (κ3) is 237. The van der Waals surface area contributed by atoms with Crippen molar-refractivity contribution in [3.05, 3.63) is 0 Å². The van der Waals surface area contributed by atoms with Gasteiger partial charge in [-0.1, -0.05) is 0 Å². The van der Waals surface area contributed by atoms with E-state index >= 15 is 0 Å². The summed E-state index contributed by atoms with van der Waals surface area (Å²) in [4.78, 5) is 0. The second kappa shape index (κ2) is 59.4. The van der Waals surface area contributed by atoms with Gasteiger partial charge in [-0.05, 0) is 11.0 Å². The molecule has 0 aromatic carbocycles. The van der Waals surface area contributed by atoms with E-state index in [1.807, 2.05) is 0 Å². The van der Waals surface area contributed by atoms with Gasteiger partial charge in [0.2, 0.25) is 0 Å². The topological polar surface area (TPSA) is 0 Å². The van der Waals surface area contributed by atoms with Crippen LogP contribution in [-0.4, -0.2) is 16.3 Å². The summed E-state index contributed by atoms with van der Waals surface area (Å²) in [6.07, 6.45) is 0. The van der Waals surface area contributed by atoms with Crippen LogP contribution in [0, 0.1) is 0 Å². The van der Waals surface area contributed by atoms with Crippen molar-refractivity contribution in [1.82, 2.24) is 0 Å². The molecule has 0 aliphatic rings. The van der Waals surface area contributed by atoms with Gasteiger partial charge in [-0.25, -0.2) is 0 Å². The van der Waals surface area contributed by atoms with Gasteiger partial charge in [0.15, 0.2) is 0 Å². The van der Waals surface area contributed by atoms with Crippen molar-refractivity contribution >= 4 is 110 Å². The molecule has 0 spiro atoms. The summed E-state index contributed by atoms with van der Waals surface area (Å²) in [6, 6.07) is 0. The first-order valence-corrected chi connectivity index (χ1v) is 6.80. The van der Waals surface area contributed by atoms with E-state index in [1.165, 1.54) is 0 Å². The average Bonchev–Trinajstić information content (AvgIpc) is 0.722. The molecular weight excluding hydrogens is 612 g/mol. The molecule has 0 aromatic heterocycles. The number of hydrogen-bond acceptors (Lipinski definition) is 0. The normalized spacial score (nSPS) is 3.75. The van der Waals surface area contributed by atoms with E-state index in [0.29, 0.717) is 0 Å². The van der Waals surface area contributed by atoms with Gasteiger partial charge < -0.3 is 49.6 Å². The molecule has 0 saturated heterocycles. The third-order valence-electron chi connectivity index (χ3n) is 0. The predicted molar refractivity (Wildman–Crippen MR) is 69.5 cm³/mol. The zero-order chi connectivity index (χ0) is 4.50. The zero-order valence-corrected chi connectivity index (χ0v) is 22.8. The Morgan fingerprint density at radius 3 is 0.500 bits per heavy atom. The molecule has 0 aliphatic carbocycles. The minimum Gasteiger partial charge on any atom is -1.00 e. The number of halogens is 12. The molecule has 0 heterocycles. The van der Waals surface area contributed by atoms with Crippen LogP contribution in [0.2, 0.25) is 0 Å². The minimum absolute atomic E-state index is 0. The molecule has 0 saturated carbocycles. The van der Waals surface area contributed by atoms with Crippen molar-refractivity contribution in [2.24, 2.45) is 0 Å². The van der Waals surface area contributed by atoms with E-state index in [0.717, 1.165) is 0 Å². The Hall–Kier alpha value is 5.16. The molecule has 0 fully saturated rings. The molecule has 0 amide bonds. The van der Waals surface area contributed by atoms with E-state index in [-0.39, 0.29) is 149 Å². The maximum atomic E-state index is 4.97. The van der Waals surface area contributed by atoms with Gasteiger partial charge in [0.05, 0.1) is 0 Å². The smallest absolute Gasteiger partial charge is 1.00 e. The zero-order valence-electron chi connectivity index (χ0n) is 6.57. The molecule has 16 heteroatoms. The Kier molecular flexibility index (Phi) is 381. The molecule has 0 rings (SSSR count). The summed E-state index contributed by atoms with van der Waals surface area (Å²) in [7, 11) is 0. The quantitative estimate of drug-likeness (QED) is 0.187. The number of hydrogen-bond donors (Lipinski definition) is 0. The molecule has 104 valence electrons. The van der Waals surface area contributed by atoms with Gasteiger partial charge in [0, 0.05) is 0 Å². The summed E-state index contributed by atoms with van der Waals surface area (Å²) in [5.41, 5.74) is 0. The van der Waals surface area contributed by atoms with E-state index in [1.54, 1.807) is 0 Å². The summed E-state index contributed by atoms with van der Waals surface area (Å²) in [5, 5.41) is -2.72. The van der Waals surface area contributed by atoms with Gasteiger partial charge in [-0.15, -0.1) is 93.9 Å². The van der Waals surface area contributed by atoms with Crippen molar-refractivity contribution in [3.8, 4) is 0 Å². The fourth-order valence-corrected chi connectivity index (χ4v) is 0. The first-order chi connectivity index (χ1) is 2.00. The molecule has 0 nitrogen and oxygen atoms in total. The van der Waals surface area contributed by atoms with Gasteiger partial charge in [-0.3, -0.25) is 0 Å². The Morgan fingerprint density at radius 2 is 0.500 bits per heavy atom. The Bertz CT molecular complexity index is 32.5. The van der Waals surface area contributed by atoms with E-state index in [2.05, 4.69) is 0 Å². The molecule has 0 radical (unpaired) electrons. The summed E-state index contributed by atoms with van der Waals surface area (Å²) < 4.78 is 0. The van der Waals surface area contributed by atoms with Crippen LogP contribution in [-0.2, 0) is 39.0 Å². The van der Waals surface area contributed by atoms with Crippen molar-refractivity contribution < 1.29 is 88.6 Å². The van der Waals surface area contributed by atoms with Crippen molar-refractivity contribution in [1.29, 1.82) is 0 Å². The Balaban J connectivity index is -0.00000000145. The third-order valence-corrected chi connectivity index (χ3v) is 0. The largest absolute Gasteiger partial charge is 2.00 e. The van der Waals surface area contributed by atoms with Gasteiger partial charge >= 0.3 is 44.3 Å². The fourth-order valence-electron chi connectivity index (χ4n) is 0. The number of rotatable bonds is 0. The van der Waals surface area contributed by atoms with Crippen LogP contribution in [0.15, 0.2) is 0 Å². The van der Waals surface area contributed by atoms with Crippen molar-refractivity contribution in [2.75, 3.05) is 0 Å². The van der Waals surface area contributed by atoms with Crippen LogP contribution in [0.1, 0.15) is 0 Å². The van der Waals surface area contributed by atoms with Gasteiger partial charge in [-0.2, -0.15) is 0 Å². The Morgan fingerprint density at radius 1 is 0.500 bits per heavy atom. The molecule has 0 bridgehead atoms. The van der Waals surface area contributed by atoms with Crippen LogP contribution < -0.4 is 49.6 Å². The van der Waals surface area contributed by atoms with E-state index in [9.17, 15) is 0 Å². The average molecular weight is 620 g/mol. The summed E-state index contributed by atoms with van der Waals surface area (Å²) >= 11 is 19.9. The SMILES string of the molecule is Cl.Cl.Cl.Cl.Cl[Si](Cl)(Cl)Cl.[Cl-].[Cl-].[Cl-].[Cl-].[SiH4].[Zn+2].[Zn+2]. The molecule has 0 atom stereocenters. The van der Waals surface area contributed by atoms with Crippen LogP contribution in [0.3, 0.4) is 0 Å². The maximum Gasteiger partial charge on any atom is 2.00 e. The predicted octanol–water partition coefficient (Wildman–Crippen LogP) is -9.38. The summed E-state index contributed by atoms with van der Waals surface area (Å²) in [6.45, 7) is 0. The summed E-state index contributed by atoms with van der Waals surface area (Å²) in [5.74, 6) is 0. The second-order valence-electron chi connectivity index (χ2n) is 0.429. The minimum atomic E-state index is -2.72. The van der Waals surface area contributed by atoms with Gasteiger partial charge in [0.25, 0.3) is 0 Å². The first-order valence-electron chi connectivity index (χ1n) is 0.756. The molecule has 0 unspecified atom stereocenters. The first kappa shape index (κ1) is 102. The van der Waals surface area contributed by atoms with Crippen LogP contribution in [0.4, 0.5) is 0 Å². The molecule has 16 heavy (non-hydrogen) atoms. The van der Waals surface area contributed by atoms with Gasteiger partial charge in [0.1, 0.15) is 0 Å². The van der Waals surface area contributed by atoms with Crippen LogP contribution in [0.5, 0.6) is 0 Å². The van der Waals surface area contributed by atoms with Crippen molar-refractivity contribution in [2.45, 2.75) is 0 Å². The second-order valence-corrected chi connectivity index (χ2v) is 11.6. The molecule has 0 N–H and O–H groups in total. The maximum absolute atomic E-state index is 4.97. The molecular formula is H8Cl12Si2Zn2. The van der Waals surface area contributed by atoms with Crippen LogP contribution >= 0.6 is 93.9 Å². The standard InChI is InChI=1S/Cl4Si.8ClH.H4Si.2Zn/c1-5(2,3)4;;;;;;;;;;;/h;8*1H;1H4;;/q;;;;;;;;;;2*+2/p-4. The molecule has 0 aliphatic heterocycles. The van der Waals surface area contributed by atoms with Crippen LogP contribution in [0.25, 0.3) is 0 Å².